The van der Waals surface area contributed by atoms with Crippen LogP contribution >= 0.6 is 0 Å². The van der Waals surface area contributed by atoms with E-state index in [4.69, 9.17) is 9.47 Å². The minimum atomic E-state index is 0.657. The molecule has 0 radical (unpaired) electrons. The summed E-state index contributed by atoms with van der Waals surface area (Å²) < 4.78 is 10.7. The summed E-state index contributed by atoms with van der Waals surface area (Å²) >= 11 is 0. The molecular formula is C18H23NO2. The van der Waals surface area contributed by atoms with Gasteiger partial charge in [0, 0.05) is 20.2 Å². The second-order valence-electron chi connectivity index (χ2n) is 4.94. The van der Waals surface area contributed by atoms with Gasteiger partial charge in [0.15, 0.2) is 0 Å². The van der Waals surface area contributed by atoms with Gasteiger partial charge in [-0.1, -0.05) is 36.4 Å². The molecule has 0 aromatic heterocycles. The fourth-order valence-corrected chi connectivity index (χ4v) is 2.26. The highest BCUT2D eigenvalue weighted by molar-refractivity contribution is 5.28. The molecule has 0 aliphatic rings. The lowest BCUT2D eigenvalue weighted by Gasteiger charge is -2.09. The van der Waals surface area contributed by atoms with Crippen LogP contribution in [0.25, 0.3) is 0 Å². The van der Waals surface area contributed by atoms with E-state index in [2.05, 4.69) is 41.7 Å². The van der Waals surface area contributed by atoms with Crippen LogP contribution in [-0.2, 0) is 24.4 Å². The first kappa shape index (κ1) is 15.5. The van der Waals surface area contributed by atoms with E-state index in [0.29, 0.717) is 13.2 Å². The number of nitrogens with one attached hydrogen (secondary N) is 1. The number of hydrogen-bond donors (Lipinski definition) is 1. The normalized spacial score (nSPS) is 10.6. The van der Waals surface area contributed by atoms with Gasteiger partial charge in [-0.15, -0.1) is 0 Å². The molecule has 0 heterocycles. The molecule has 0 saturated heterocycles. The Labute approximate surface area is 126 Å². The summed E-state index contributed by atoms with van der Waals surface area (Å²) in [7, 11) is 1.72. The van der Waals surface area contributed by atoms with E-state index < -0.39 is 0 Å². The van der Waals surface area contributed by atoms with E-state index in [1.54, 1.807) is 7.11 Å². The van der Waals surface area contributed by atoms with Gasteiger partial charge in [-0.3, -0.25) is 0 Å². The lowest BCUT2D eigenvalue weighted by atomic mass is 10.1. The molecule has 0 atom stereocenters. The first-order valence-corrected chi connectivity index (χ1v) is 7.31. The molecule has 2 aromatic rings. The maximum atomic E-state index is 5.51. The first-order chi connectivity index (χ1) is 10.3. The molecule has 0 spiro atoms. The van der Waals surface area contributed by atoms with Crippen molar-refractivity contribution in [2.45, 2.75) is 26.6 Å². The molecule has 0 amide bonds. The van der Waals surface area contributed by atoms with E-state index in [1.807, 2.05) is 19.1 Å². The fourth-order valence-electron chi connectivity index (χ4n) is 2.26. The molecule has 0 aliphatic heterocycles. The van der Waals surface area contributed by atoms with Crippen molar-refractivity contribution in [3.63, 3.8) is 0 Å². The Hall–Kier alpha value is -1.84. The molecule has 0 fully saturated rings. The number of ether oxygens (including phenoxy) is 2. The van der Waals surface area contributed by atoms with Crippen molar-refractivity contribution in [1.82, 2.24) is 5.32 Å². The van der Waals surface area contributed by atoms with Crippen molar-refractivity contribution in [1.29, 1.82) is 0 Å². The molecule has 0 saturated carbocycles. The average molecular weight is 285 g/mol. The van der Waals surface area contributed by atoms with Crippen LogP contribution in [-0.4, -0.2) is 13.7 Å². The summed E-state index contributed by atoms with van der Waals surface area (Å²) in [6.45, 7) is 5.02. The standard InChI is InChI=1S/C18H23NO2/c1-3-21-18-9-5-7-16(11-18)13-19-12-15-6-4-8-17(10-15)14-20-2/h4-11,19H,3,12-14H2,1-2H3. The van der Waals surface area contributed by atoms with Gasteiger partial charge >= 0.3 is 0 Å². The van der Waals surface area contributed by atoms with Gasteiger partial charge in [0.1, 0.15) is 5.75 Å². The molecule has 1 N–H and O–H groups in total. The zero-order valence-electron chi connectivity index (χ0n) is 12.8. The second kappa shape index (κ2) is 8.45. The van der Waals surface area contributed by atoms with Crippen molar-refractivity contribution in [3.8, 4) is 5.75 Å². The molecule has 0 bridgehead atoms. The quantitative estimate of drug-likeness (QED) is 0.805. The maximum Gasteiger partial charge on any atom is 0.119 e. The SMILES string of the molecule is CCOc1cccc(CNCc2cccc(COC)c2)c1. The zero-order valence-corrected chi connectivity index (χ0v) is 12.8. The van der Waals surface area contributed by atoms with E-state index in [0.717, 1.165) is 18.8 Å². The Bertz CT molecular complexity index is 505. The minimum Gasteiger partial charge on any atom is -0.494 e. The molecule has 2 aromatic carbocycles. The first-order valence-electron chi connectivity index (χ1n) is 7.31. The summed E-state index contributed by atoms with van der Waals surface area (Å²) in [5.41, 5.74) is 3.70. The van der Waals surface area contributed by atoms with Crippen molar-refractivity contribution in [2.75, 3.05) is 13.7 Å². The predicted molar refractivity (Wildman–Crippen MR) is 85.3 cm³/mol. The third-order valence-electron chi connectivity index (χ3n) is 3.17. The molecule has 112 valence electrons. The smallest absolute Gasteiger partial charge is 0.119 e. The highest BCUT2D eigenvalue weighted by Gasteiger charge is 1.98. The Kier molecular flexibility index (Phi) is 6.25. The van der Waals surface area contributed by atoms with Gasteiger partial charge in [0.05, 0.1) is 13.2 Å². The fraction of sp³-hybridized carbons (Fsp3) is 0.333. The molecule has 0 unspecified atom stereocenters. The van der Waals surface area contributed by atoms with Gasteiger partial charge in [0.25, 0.3) is 0 Å². The average Bonchev–Trinajstić information content (AvgIpc) is 2.49. The Morgan fingerprint density at radius 2 is 1.57 bits per heavy atom. The van der Waals surface area contributed by atoms with Gasteiger partial charge in [-0.25, -0.2) is 0 Å². The van der Waals surface area contributed by atoms with Crippen molar-refractivity contribution in [3.05, 3.63) is 65.2 Å². The van der Waals surface area contributed by atoms with E-state index in [1.165, 1.54) is 16.7 Å². The summed E-state index contributed by atoms with van der Waals surface area (Å²) in [5.74, 6) is 0.930. The summed E-state index contributed by atoms with van der Waals surface area (Å²) in [4.78, 5) is 0. The number of methoxy groups -OCH3 is 1. The Balaban J connectivity index is 1.86. The van der Waals surface area contributed by atoms with Gasteiger partial charge in [-0.2, -0.15) is 0 Å². The molecular weight excluding hydrogens is 262 g/mol. The molecule has 3 nitrogen and oxygen atoms in total. The van der Waals surface area contributed by atoms with Crippen LogP contribution < -0.4 is 10.1 Å². The highest BCUT2D eigenvalue weighted by atomic mass is 16.5. The van der Waals surface area contributed by atoms with Crippen molar-refractivity contribution < 1.29 is 9.47 Å². The van der Waals surface area contributed by atoms with Crippen LogP contribution in [0.3, 0.4) is 0 Å². The van der Waals surface area contributed by atoms with Crippen LogP contribution in [0.1, 0.15) is 23.6 Å². The van der Waals surface area contributed by atoms with Crippen molar-refractivity contribution in [2.24, 2.45) is 0 Å². The van der Waals surface area contributed by atoms with E-state index in [-0.39, 0.29) is 0 Å². The second-order valence-corrected chi connectivity index (χ2v) is 4.94. The van der Waals surface area contributed by atoms with Gasteiger partial charge in [0.2, 0.25) is 0 Å². The molecule has 2 rings (SSSR count). The lowest BCUT2D eigenvalue weighted by molar-refractivity contribution is 0.185. The third-order valence-corrected chi connectivity index (χ3v) is 3.17. The molecule has 3 heteroatoms. The number of hydrogen-bond acceptors (Lipinski definition) is 3. The Morgan fingerprint density at radius 1 is 0.905 bits per heavy atom. The predicted octanol–water partition coefficient (Wildman–Crippen LogP) is 3.52. The van der Waals surface area contributed by atoms with Crippen LogP contribution in [0, 0.1) is 0 Å². The monoisotopic (exact) mass is 285 g/mol. The van der Waals surface area contributed by atoms with Gasteiger partial charge in [-0.05, 0) is 35.7 Å². The van der Waals surface area contributed by atoms with Crippen LogP contribution in [0.4, 0.5) is 0 Å². The topological polar surface area (TPSA) is 30.5 Å². The minimum absolute atomic E-state index is 0.657. The summed E-state index contributed by atoms with van der Waals surface area (Å²) in [5, 5.41) is 3.46. The highest BCUT2D eigenvalue weighted by Crippen LogP contribution is 2.13. The van der Waals surface area contributed by atoms with Crippen molar-refractivity contribution >= 4 is 0 Å². The lowest BCUT2D eigenvalue weighted by Crippen LogP contribution is -2.12. The largest absolute Gasteiger partial charge is 0.494 e. The maximum absolute atomic E-state index is 5.51. The van der Waals surface area contributed by atoms with Crippen LogP contribution in [0.2, 0.25) is 0 Å². The van der Waals surface area contributed by atoms with E-state index in [9.17, 15) is 0 Å². The Morgan fingerprint density at radius 3 is 2.29 bits per heavy atom. The van der Waals surface area contributed by atoms with Crippen LogP contribution in [0.15, 0.2) is 48.5 Å². The summed E-state index contributed by atoms with van der Waals surface area (Å²) in [6.07, 6.45) is 0. The number of rotatable bonds is 8. The molecule has 21 heavy (non-hydrogen) atoms. The molecule has 0 aliphatic carbocycles. The number of benzene rings is 2. The summed E-state index contributed by atoms with van der Waals surface area (Å²) in [6, 6.07) is 16.7. The zero-order chi connectivity index (χ0) is 14.9. The van der Waals surface area contributed by atoms with Crippen LogP contribution in [0.5, 0.6) is 5.75 Å². The third kappa shape index (κ3) is 5.21. The van der Waals surface area contributed by atoms with E-state index >= 15 is 0 Å². The van der Waals surface area contributed by atoms with Gasteiger partial charge < -0.3 is 14.8 Å².